The highest BCUT2D eigenvalue weighted by atomic mass is 31.1. The molecule has 1 aromatic rings. The van der Waals surface area contributed by atoms with Gasteiger partial charge < -0.3 is 4.90 Å². The van der Waals surface area contributed by atoms with Gasteiger partial charge in [0.1, 0.15) is 8.07 Å². The number of hydrogen-bond donors (Lipinski definition) is 0. The fourth-order valence-corrected chi connectivity index (χ4v) is 7.78. The van der Waals surface area contributed by atoms with Crippen molar-refractivity contribution < 1.29 is 4.25 Å². The maximum Gasteiger partial charge on any atom is 0.156 e. The van der Waals surface area contributed by atoms with Crippen LogP contribution in [0.3, 0.4) is 0 Å². The molecule has 0 spiro atoms. The largest absolute Gasteiger partial charge is 0.321 e. The summed E-state index contributed by atoms with van der Waals surface area (Å²) < 4.78 is 1.31. The molecule has 24 heavy (non-hydrogen) atoms. The Labute approximate surface area is 149 Å². The minimum atomic E-state index is -0.128. The fourth-order valence-electron chi connectivity index (χ4n) is 5.41. The molecule has 2 saturated carbocycles. The molecule has 1 aromatic carbocycles. The number of para-hydroxylation sites is 1. The van der Waals surface area contributed by atoms with Gasteiger partial charge in [-0.3, -0.25) is 4.25 Å². The lowest BCUT2D eigenvalue weighted by Crippen LogP contribution is -2.61. The molecule has 0 radical (unpaired) electrons. The third kappa shape index (κ3) is 2.90. The van der Waals surface area contributed by atoms with Crippen molar-refractivity contribution in [2.75, 3.05) is 25.3 Å². The highest BCUT2D eigenvalue weighted by molar-refractivity contribution is 7.59. The van der Waals surface area contributed by atoms with Crippen LogP contribution in [0.25, 0.3) is 0 Å². The van der Waals surface area contributed by atoms with E-state index in [4.69, 9.17) is 0 Å². The smallest absolute Gasteiger partial charge is 0.156 e. The van der Waals surface area contributed by atoms with Crippen molar-refractivity contribution in [2.24, 2.45) is 0 Å². The van der Waals surface area contributed by atoms with Gasteiger partial charge in [0.15, 0.2) is 6.67 Å². The predicted octanol–water partition coefficient (Wildman–Crippen LogP) is 5.23. The summed E-state index contributed by atoms with van der Waals surface area (Å²) in [7, 11) is 2.46. The average Bonchev–Trinajstić information content (AvgIpc) is 2.66. The van der Waals surface area contributed by atoms with Crippen LogP contribution < -0.4 is 10.2 Å². The zero-order chi connectivity index (χ0) is 16.6. The van der Waals surface area contributed by atoms with Crippen molar-refractivity contribution in [1.29, 1.82) is 0 Å². The van der Waals surface area contributed by atoms with Gasteiger partial charge in [-0.2, -0.15) is 0 Å². The topological polar surface area (TPSA) is 3.24 Å². The number of fused-ring (bicyclic) bond motifs is 1. The van der Waals surface area contributed by atoms with Crippen molar-refractivity contribution in [3.05, 3.63) is 24.3 Å². The van der Waals surface area contributed by atoms with Gasteiger partial charge in [0, 0.05) is 12.7 Å². The molecule has 2 aliphatic carbocycles. The molecular weight excluding hydrogens is 311 g/mol. The summed E-state index contributed by atoms with van der Waals surface area (Å²) in [6.07, 6.45) is 14.4. The summed E-state index contributed by atoms with van der Waals surface area (Å²) in [5.74, 6) is 0. The highest BCUT2D eigenvalue weighted by Crippen LogP contribution is 2.53. The number of quaternary nitrogens is 1. The molecule has 3 heteroatoms. The average molecular weight is 345 g/mol. The second kappa shape index (κ2) is 6.96. The van der Waals surface area contributed by atoms with Crippen molar-refractivity contribution in [1.82, 2.24) is 0 Å². The quantitative estimate of drug-likeness (QED) is 0.664. The molecule has 2 atom stereocenters. The number of hydrogen-bond acceptors (Lipinski definition) is 1. The summed E-state index contributed by atoms with van der Waals surface area (Å²) in [6, 6.07) is 11.0. The molecular formula is C21H34N2P+. The van der Waals surface area contributed by atoms with E-state index < -0.39 is 0 Å². The molecule has 2 fully saturated rings. The Morgan fingerprint density at radius 1 is 0.917 bits per heavy atom. The lowest BCUT2D eigenvalue weighted by molar-refractivity contribution is -0.815. The van der Waals surface area contributed by atoms with Gasteiger partial charge in [0.2, 0.25) is 0 Å². The third-order valence-electron chi connectivity index (χ3n) is 7.04. The summed E-state index contributed by atoms with van der Waals surface area (Å²) in [5, 5.41) is 1.66. The molecule has 0 saturated heterocycles. The molecule has 2 nitrogen and oxygen atoms in total. The first kappa shape index (κ1) is 16.9. The summed E-state index contributed by atoms with van der Waals surface area (Å²) in [5.41, 5.74) is 1.57. The van der Waals surface area contributed by atoms with Crippen LogP contribution in [-0.2, 0) is 0 Å². The minimum Gasteiger partial charge on any atom is -0.321 e. The van der Waals surface area contributed by atoms with Crippen LogP contribution in [0.5, 0.6) is 0 Å². The van der Waals surface area contributed by atoms with Crippen LogP contribution >= 0.6 is 8.07 Å². The van der Waals surface area contributed by atoms with Crippen molar-refractivity contribution in [3.8, 4) is 0 Å². The third-order valence-corrected chi connectivity index (χ3v) is 9.94. The molecule has 0 amide bonds. The Morgan fingerprint density at radius 2 is 1.54 bits per heavy atom. The molecule has 2 unspecified atom stereocenters. The standard InChI is InChI=1S/C21H34N2P/c1-23(19-13-7-4-8-14-19)17-22(18-11-5-3-6-12-18)20-15-9-10-16-21(20)24(23)2/h9-10,15-16,18-19H,3-8,11-14,17H2,1-2H3/q+1. The van der Waals surface area contributed by atoms with Crippen LogP contribution in [0.2, 0.25) is 0 Å². The Hall–Kier alpha value is -0.590. The van der Waals surface area contributed by atoms with Gasteiger partial charge in [-0.25, -0.2) is 0 Å². The summed E-state index contributed by atoms with van der Waals surface area (Å²) >= 11 is 0. The molecule has 0 aromatic heterocycles. The van der Waals surface area contributed by atoms with Gasteiger partial charge in [-0.05, 0) is 50.7 Å². The van der Waals surface area contributed by atoms with E-state index in [-0.39, 0.29) is 8.07 Å². The number of benzene rings is 1. The number of nitrogens with zero attached hydrogens (tertiary/aromatic N) is 2. The zero-order valence-corrected chi connectivity index (χ0v) is 16.5. The highest BCUT2D eigenvalue weighted by Gasteiger charge is 2.47. The van der Waals surface area contributed by atoms with Crippen LogP contribution in [0.15, 0.2) is 24.3 Å². The van der Waals surface area contributed by atoms with E-state index in [1.165, 1.54) is 75.1 Å². The van der Waals surface area contributed by atoms with Crippen LogP contribution in [0.4, 0.5) is 5.69 Å². The number of rotatable bonds is 2. The summed E-state index contributed by atoms with van der Waals surface area (Å²) in [6.45, 7) is 3.82. The van der Waals surface area contributed by atoms with Crippen molar-refractivity contribution in [3.63, 3.8) is 0 Å². The molecule has 4 rings (SSSR count). The zero-order valence-electron chi connectivity index (χ0n) is 15.6. The van der Waals surface area contributed by atoms with Gasteiger partial charge in [0.25, 0.3) is 0 Å². The Balaban J connectivity index is 1.70. The molecule has 132 valence electrons. The molecule has 1 heterocycles. The summed E-state index contributed by atoms with van der Waals surface area (Å²) in [4.78, 5) is 2.84. The maximum atomic E-state index is 2.84. The van der Waals surface area contributed by atoms with E-state index in [0.717, 1.165) is 12.1 Å². The lowest BCUT2D eigenvalue weighted by Gasteiger charge is -2.54. The Morgan fingerprint density at radius 3 is 2.25 bits per heavy atom. The van der Waals surface area contributed by atoms with Crippen LogP contribution in [-0.4, -0.2) is 36.7 Å². The molecule has 0 N–H and O–H groups in total. The van der Waals surface area contributed by atoms with E-state index in [1.54, 1.807) is 11.0 Å². The van der Waals surface area contributed by atoms with Crippen LogP contribution in [0.1, 0.15) is 64.2 Å². The molecule has 0 bridgehead atoms. The predicted molar refractivity (Wildman–Crippen MR) is 106 cm³/mol. The van der Waals surface area contributed by atoms with Gasteiger partial charge in [0.05, 0.1) is 24.1 Å². The maximum absolute atomic E-state index is 2.84. The second-order valence-electron chi connectivity index (χ2n) is 8.42. The van der Waals surface area contributed by atoms with Crippen molar-refractivity contribution >= 4 is 19.1 Å². The van der Waals surface area contributed by atoms with Crippen LogP contribution in [0, 0.1) is 0 Å². The normalized spacial score (nSPS) is 32.6. The SMILES string of the molecule is CP1c2ccccc2N(C2CCCCC2)C[N+]1(C)C1CCCCC1. The first-order chi connectivity index (χ1) is 11.7. The first-order valence-electron chi connectivity index (χ1n) is 10.2. The molecule has 1 aliphatic heterocycles. The van der Waals surface area contributed by atoms with E-state index >= 15 is 0 Å². The lowest BCUT2D eigenvalue weighted by atomic mass is 9.93. The second-order valence-corrected chi connectivity index (χ2v) is 10.9. The van der Waals surface area contributed by atoms with Gasteiger partial charge >= 0.3 is 0 Å². The monoisotopic (exact) mass is 345 g/mol. The Kier molecular flexibility index (Phi) is 4.89. The number of anilines is 1. The minimum absolute atomic E-state index is 0.128. The Bertz CT molecular complexity index is 563. The van der Waals surface area contributed by atoms with E-state index in [1.807, 2.05) is 0 Å². The van der Waals surface area contributed by atoms with Crippen molar-refractivity contribution in [2.45, 2.75) is 76.3 Å². The fraction of sp³-hybridized carbons (Fsp3) is 0.714. The van der Waals surface area contributed by atoms with Gasteiger partial charge in [-0.1, -0.05) is 37.8 Å². The van der Waals surface area contributed by atoms with E-state index in [0.29, 0.717) is 0 Å². The molecule has 3 aliphatic rings. The van der Waals surface area contributed by atoms with E-state index in [9.17, 15) is 0 Å². The first-order valence-corrected chi connectivity index (χ1v) is 11.9. The van der Waals surface area contributed by atoms with E-state index in [2.05, 4.69) is 42.9 Å². The van der Waals surface area contributed by atoms with Gasteiger partial charge in [-0.15, -0.1) is 0 Å².